The molecular formula is C13H12ClF3N2. The minimum Gasteiger partial charge on any atom is -0.178 e. The zero-order valence-corrected chi connectivity index (χ0v) is 11.1. The first-order chi connectivity index (χ1) is 8.79. The van der Waals surface area contributed by atoms with Gasteiger partial charge in [0.05, 0.1) is 6.20 Å². The van der Waals surface area contributed by atoms with Crippen LogP contribution in [0.1, 0.15) is 25.3 Å². The summed E-state index contributed by atoms with van der Waals surface area (Å²) in [6.07, 6.45) is -2.31. The van der Waals surface area contributed by atoms with E-state index in [1.165, 1.54) is 6.20 Å². The van der Waals surface area contributed by atoms with Gasteiger partial charge in [0.15, 0.2) is 0 Å². The van der Waals surface area contributed by atoms with Crippen molar-refractivity contribution in [2.24, 2.45) is 0 Å². The van der Waals surface area contributed by atoms with Crippen LogP contribution >= 0.6 is 11.6 Å². The molecule has 0 bridgehead atoms. The van der Waals surface area contributed by atoms with Crippen molar-refractivity contribution in [1.82, 2.24) is 9.78 Å². The highest BCUT2D eigenvalue weighted by Crippen LogP contribution is 2.32. The van der Waals surface area contributed by atoms with E-state index in [0.29, 0.717) is 10.6 Å². The molecule has 0 unspecified atom stereocenters. The molecule has 0 radical (unpaired) electrons. The lowest BCUT2D eigenvalue weighted by atomic mass is 9.94. The highest BCUT2D eigenvalue weighted by molar-refractivity contribution is 6.30. The summed E-state index contributed by atoms with van der Waals surface area (Å²) < 4.78 is 37.6. The first kappa shape index (κ1) is 13.9. The molecule has 0 aliphatic heterocycles. The van der Waals surface area contributed by atoms with Gasteiger partial charge in [-0.05, 0) is 29.2 Å². The van der Waals surface area contributed by atoms with E-state index in [1.807, 2.05) is 13.8 Å². The highest BCUT2D eigenvalue weighted by Gasteiger charge is 2.31. The van der Waals surface area contributed by atoms with Crippen LogP contribution in [0.2, 0.25) is 5.02 Å². The Bertz CT molecular complexity index is 588. The van der Waals surface area contributed by atoms with Crippen molar-refractivity contribution in [3.05, 3.63) is 41.2 Å². The van der Waals surface area contributed by atoms with Gasteiger partial charge in [0, 0.05) is 16.8 Å². The second-order valence-corrected chi connectivity index (χ2v) is 4.96. The zero-order valence-electron chi connectivity index (χ0n) is 10.4. The van der Waals surface area contributed by atoms with Crippen LogP contribution in [-0.2, 0) is 6.30 Å². The topological polar surface area (TPSA) is 17.8 Å². The molecule has 2 nitrogen and oxygen atoms in total. The number of aromatic nitrogens is 2. The monoisotopic (exact) mass is 288 g/mol. The third-order valence-electron chi connectivity index (χ3n) is 2.79. The Hall–Kier alpha value is -1.49. The van der Waals surface area contributed by atoms with E-state index in [2.05, 4.69) is 5.10 Å². The van der Waals surface area contributed by atoms with Gasteiger partial charge in [-0.25, -0.2) is 0 Å². The quantitative estimate of drug-likeness (QED) is 0.776. The lowest BCUT2D eigenvalue weighted by molar-refractivity contribution is -0.212. The Balaban J connectivity index is 2.50. The van der Waals surface area contributed by atoms with E-state index >= 15 is 0 Å². The number of alkyl halides is 3. The van der Waals surface area contributed by atoms with Crippen LogP contribution in [0.3, 0.4) is 0 Å². The molecule has 2 rings (SSSR count). The van der Waals surface area contributed by atoms with Crippen LogP contribution in [0.25, 0.3) is 11.1 Å². The van der Waals surface area contributed by atoms with Crippen LogP contribution in [0.15, 0.2) is 30.6 Å². The van der Waals surface area contributed by atoms with Crippen molar-refractivity contribution in [2.45, 2.75) is 26.1 Å². The van der Waals surface area contributed by atoms with Gasteiger partial charge in [-0.2, -0.15) is 9.78 Å². The Morgan fingerprint density at radius 2 is 1.95 bits per heavy atom. The summed E-state index contributed by atoms with van der Waals surface area (Å²) in [5.74, 6) is 0.155. The average molecular weight is 289 g/mol. The molecule has 0 atom stereocenters. The number of nitrogens with zero attached hydrogens (tertiary/aromatic N) is 2. The summed E-state index contributed by atoms with van der Waals surface area (Å²) in [7, 11) is 0. The van der Waals surface area contributed by atoms with Crippen molar-refractivity contribution in [3.63, 3.8) is 0 Å². The number of rotatable bonds is 2. The maximum atomic E-state index is 12.5. The fourth-order valence-electron chi connectivity index (χ4n) is 1.87. The molecule has 19 heavy (non-hydrogen) atoms. The molecule has 0 spiro atoms. The normalized spacial score (nSPS) is 12.2. The molecule has 102 valence electrons. The van der Waals surface area contributed by atoms with Gasteiger partial charge in [0.25, 0.3) is 0 Å². The van der Waals surface area contributed by atoms with Gasteiger partial charge in [-0.15, -0.1) is 13.2 Å². The Morgan fingerprint density at radius 3 is 2.47 bits per heavy atom. The molecule has 0 aliphatic carbocycles. The summed E-state index contributed by atoms with van der Waals surface area (Å²) in [4.78, 5) is 0. The predicted molar refractivity (Wildman–Crippen MR) is 68.1 cm³/mol. The van der Waals surface area contributed by atoms with Crippen molar-refractivity contribution in [3.8, 4) is 11.1 Å². The minimum absolute atomic E-state index is 0.00104. The second kappa shape index (κ2) is 4.89. The van der Waals surface area contributed by atoms with Crippen LogP contribution < -0.4 is 0 Å². The zero-order chi connectivity index (χ0) is 14.2. The average Bonchev–Trinajstić information content (AvgIpc) is 2.77. The van der Waals surface area contributed by atoms with Crippen LogP contribution in [0.4, 0.5) is 13.2 Å². The summed E-state index contributed by atoms with van der Waals surface area (Å²) in [5, 5.41) is 3.91. The third kappa shape index (κ3) is 2.92. The molecule has 0 N–H and O–H groups in total. The molecule has 0 amide bonds. The first-order valence-corrected chi connectivity index (χ1v) is 6.08. The van der Waals surface area contributed by atoms with Gasteiger partial charge in [-0.1, -0.05) is 31.5 Å². The number of benzene rings is 1. The van der Waals surface area contributed by atoms with Crippen LogP contribution in [0, 0.1) is 0 Å². The molecule has 0 aliphatic rings. The lowest BCUT2D eigenvalue weighted by Gasteiger charge is -2.12. The SMILES string of the molecule is CC(C)c1cc(Cl)ccc1-c1cnn(C(F)(F)F)c1. The molecule has 0 fully saturated rings. The number of hydrogen-bond donors (Lipinski definition) is 0. The fraction of sp³-hybridized carbons (Fsp3) is 0.308. The smallest absolute Gasteiger partial charge is 0.178 e. The largest absolute Gasteiger partial charge is 0.504 e. The first-order valence-electron chi connectivity index (χ1n) is 5.70. The molecule has 0 saturated heterocycles. The molecule has 1 heterocycles. The fourth-order valence-corrected chi connectivity index (χ4v) is 2.06. The number of hydrogen-bond acceptors (Lipinski definition) is 1. The van der Waals surface area contributed by atoms with E-state index in [0.717, 1.165) is 17.3 Å². The predicted octanol–water partition coefficient (Wildman–Crippen LogP) is 4.80. The Kier molecular flexibility index (Phi) is 3.58. The van der Waals surface area contributed by atoms with E-state index in [9.17, 15) is 13.2 Å². The molecule has 1 aromatic carbocycles. The van der Waals surface area contributed by atoms with Crippen LogP contribution in [0.5, 0.6) is 0 Å². The van der Waals surface area contributed by atoms with Crippen molar-refractivity contribution < 1.29 is 13.2 Å². The van der Waals surface area contributed by atoms with Crippen molar-refractivity contribution in [2.75, 3.05) is 0 Å². The molecule has 6 heteroatoms. The van der Waals surface area contributed by atoms with E-state index < -0.39 is 6.30 Å². The van der Waals surface area contributed by atoms with E-state index in [4.69, 9.17) is 11.6 Å². The molecule has 2 aromatic rings. The van der Waals surface area contributed by atoms with E-state index in [1.54, 1.807) is 18.2 Å². The van der Waals surface area contributed by atoms with Gasteiger partial charge in [0.1, 0.15) is 0 Å². The third-order valence-corrected chi connectivity index (χ3v) is 3.02. The minimum atomic E-state index is -4.50. The number of halogens is 4. The Morgan fingerprint density at radius 1 is 1.26 bits per heavy atom. The Labute approximate surface area is 113 Å². The molecule has 1 aromatic heterocycles. The second-order valence-electron chi connectivity index (χ2n) is 4.53. The van der Waals surface area contributed by atoms with Gasteiger partial charge in [0.2, 0.25) is 0 Å². The summed E-state index contributed by atoms with van der Waals surface area (Å²) in [6.45, 7) is 3.92. The lowest BCUT2D eigenvalue weighted by Crippen LogP contribution is -2.16. The van der Waals surface area contributed by atoms with Crippen molar-refractivity contribution >= 4 is 11.6 Å². The van der Waals surface area contributed by atoms with Crippen LogP contribution in [-0.4, -0.2) is 9.78 Å². The van der Waals surface area contributed by atoms with Crippen molar-refractivity contribution in [1.29, 1.82) is 0 Å². The molecule has 0 saturated carbocycles. The maximum absolute atomic E-state index is 12.5. The van der Waals surface area contributed by atoms with Gasteiger partial charge < -0.3 is 0 Å². The summed E-state index contributed by atoms with van der Waals surface area (Å²) >= 11 is 5.93. The highest BCUT2D eigenvalue weighted by atomic mass is 35.5. The van der Waals surface area contributed by atoms with Gasteiger partial charge >= 0.3 is 6.30 Å². The molecular weight excluding hydrogens is 277 g/mol. The maximum Gasteiger partial charge on any atom is 0.504 e. The van der Waals surface area contributed by atoms with E-state index in [-0.39, 0.29) is 10.6 Å². The standard InChI is InChI=1S/C13H12ClF3N2/c1-8(2)12-5-10(14)3-4-11(12)9-6-18-19(7-9)13(15,16)17/h3-8H,1-2H3. The van der Waals surface area contributed by atoms with Gasteiger partial charge in [-0.3, -0.25) is 0 Å². The summed E-state index contributed by atoms with van der Waals surface area (Å²) in [5.41, 5.74) is 2.04. The summed E-state index contributed by atoms with van der Waals surface area (Å²) in [6, 6.07) is 5.15.